The zero-order chi connectivity index (χ0) is 21.1. The fourth-order valence-electron chi connectivity index (χ4n) is 3.46. The first kappa shape index (κ1) is 24.0. The Morgan fingerprint density at radius 3 is 2.41 bits per heavy atom. The van der Waals surface area contributed by atoms with Crippen molar-refractivity contribution in [2.24, 2.45) is 4.99 Å². The molecule has 1 unspecified atom stereocenters. The third-order valence-corrected chi connectivity index (χ3v) is 7.95. The third-order valence-electron chi connectivity index (χ3n) is 5.14. The SMILES string of the molecule is CCN(CC)C(CNC(=NC)NCCS(=O)(=O)N1CCSCC1)c1ccccc1. The number of rotatable bonds is 10. The maximum atomic E-state index is 12.5. The fourth-order valence-corrected chi connectivity index (χ4v) is 5.95. The summed E-state index contributed by atoms with van der Waals surface area (Å²) in [7, 11) is -1.51. The molecular weight excluding hydrogens is 406 g/mol. The second kappa shape index (κ2) is 12.4. The Balaban J connectivity index is 1.89. The van der Waals surface area contributed by atoms with Gasteiger partial charge in [-0.05, 0) is 18.7 Å². The van der Waals surface area contributed by atoms with E-state index in [0.717, 1.165) is 24.6 Å². The number of sulfonamides is 1. The first-order valence-electron chi connectivity index (χ1n) is 10.3. The maximum Gasteiger partial charge on any atom is 0.215 e. The molecule has 7 nitrogen and oxygen atoms in total. The first-order chi connectivity index (χ1) is 14.0. The molecule has 1 aliphatic heterocycles. The van der Waals surface area contributed by atoms with Gasteiger partial charge in [-0.2, -0.15) is 11.8 Å². The molecule has 1 heterocycles. The number of benzene rings is 1. The van der Waals surface area contributed by atoms with Crippen molar-refractivity contribution in [1.29, 1.82) is 0 Å². The predicted octanol–water partition coefficient (Wildman–Crippen LogP) is 1.61. The molecule has 9 heteroatoms. The van der Waals surface area contributed by atoms with Crippen molar-refractivity contribution in [2.75, 3.05) is 63.6 Å². The van der Waals surface area contributed by atoms with Gasteiger partial charge in [-0.1, -0.05) is 44.2 Å². The highest BCUT2D eigenvalue weighted by Crippen LogP contribution is 2.19. The average molecular weight is 442 g/mol. The van der Waals surface area contributed by atoms with Crippen LogP contribution in [0.4, 0.5) is 0 Å². The topological polar surface area (TPSA) is 77.0 Å². The van der Waals surface area contributed by atoms with Crippen LogP contribution in [-0.2, 0) is 10.0 Å². The Kier molecular flexibility index (Phi) is 10.3. The standard InChI is InChI=1S/C20H35N5O2S2/c1-4-24(5-2)19(18-9-7-6-8-10-18)17-23-20(21-3)22-11-16-29(26,27)25-12-14-28-15-13-25/h6-10,19H,4-5,11-17H2,1-3H3,(H2,21,22,23). The van der Waals surface area contributed by atoms with Crippen molar-refractivity contribution in [1.82, 2.24) is 19.8 Å². The van der Waals surface area contributed by atoms with Gasteiger partial charge in [0, 0.05) is 44.7 Å². The Morgan fingerprint density at radius 2 is 1.83 bits per heavy atom. The molecule has 0 amide bonds. The lowest BCUT2D eigenvalue weighted by Crippen LogP contribution is -2.46. The summed E-state index contributed by atoms with van der Waals surface area (Å²) in [5, 5.41) is 6.52. The Labute approximate surface area is 180 Å². The number of hydrogen-bond donors (Lipinski definition) is 2. The lowest BCUT2D eigenvalue weighted by Gasteiger charge is -2.31. The van der Waals surface area contributed by atoms with Crippen LogP contribution in [0.15, 0.2) is 35.3 Å². The van der Waals surface area contributed by atoms with E-state index < -0.39 is 10.0 Å². The van der Waals surface area contributed by atoms with Gasteiger partial charge in [-0.25, -0.2) is 12.7 Å². The molecule has 0 bridgehead atoms. The number of aliphatic imine (C=N–C) groups is 1. The minimum Gasteiger partial charge on any atom is -0.355 e. The number of hydrogen-bond acceptors (Lipinski definition) is 5. The van der Waals surface area contributed by atoms with E-state index >= 15 is 0 Å². The average Bonchev–Trinajstić information content (AvgIpc) is 2.76. The molecule has 0 spiro atoms. The Bertz CT molecular complexity index is 718. The Morgan fingerprint density at radius 1 is 1.17 bits per heavy atom. The van der Waals surface area contributed by atoms with Crippen LogP contribution < -0.4 is 10.6 Å². The van der Waals surface area contributed by atoms with Crippen molar-refractivity contribution >= 4 is 27.7 Å². The van der Waals surface area contributed by atoms with Gasteiger partial charge in [-0.15, -0.1) is 0 Å². The van der Waals surface area contributed by atoms with Gasteiger partial charge < -0.3 is 10.6 Å². The van der Waals surface area contributed by atoms with E-state index in [9.17, 15) is 8.42 Å². The molecular formula is C20H35N5O2S2. The monoisotopic (exact) mass is 441 g/mol. The highest BCUT2D eigenvalue weighted by molar-refractivity contribution is 7.99. The van der Waals surface area contributed by atoms with Crippen molar-refractivity contribution in [3.05, 3.63) is 35.9 Å². The smallest absolute Gasteiger partial charge is 0.215 e. The molecule has 0 aromatic heterocycles. The van der Waals surface area contributed by atoms with Gasteiger partial charge in [0.05, 0.1) is 11.8 Å². The zero-order valence-corrected chi connectivity index (χ0v) is 19.4. The Hall–Kier alpha value is -1.29. The molecule has 1 saturated heterocycles. The molecule has 164 valence electrons. The summed E-state index contributed by atoms with van der Waals surface area (Å²) >= 11 is 1.81. The minimum absolute atomic E-state index is 0.0799. The van der Waals surface area contributed by atoms with E-state index in [-0.39, 0.29) is 11.8 Å². The second-order valence-corrected chi connectivity index (χ2v) is 10.2. The van der Waals surface area contributed by atoms with Gasteiger partial charge in [-0.3, -0.25) is 9.89 Å². The first-order valence-corrected chi connectivity index (χ1v) is 13.1. The largest absolute Gasteiger partial charge is 0.355 e. The molecule has 1 aromatic carbocycles. The summed E-state index contributed by atoms with van der Waals surface area (Å²) in [5.41, 5.74) is 1.25. The van der Waals surface area contributed by atoms with Crippen LogP contribution in [0.3, 0.4) is 0 Å². The summed E-state index contributed by atoms with van der Waals surface area (Å²) < 4.78 is 26.6. The molecule has 1 atom stereocenters. The van der Waals surface area contributed by atoms with Crippen LogP contribution in [0, 0.1) is 0 Å². The van der Waals surface area contributed by atoms with Gasteiger partial charge in [0.15, 0.2) is 5.96 Å². The molecule has 0 radical (unpaired) electrons. The number of nitrogens with one attached hydrogen (secondary N) is 2. The minimum atomic E-state index is -3.22. The maximum absolute atomic E-state index is 12.5. The van der Waals surface area contributed by atoms with Gasteiger partial charge >= 0.3 is 0 Å². The van der Waals surface area contributed by atoms with Crippen LogP contribution in [0.2, 0.25) is 0 Å². The lowest BCUT2D eigenvalue weighted by molar-refractivity contribution is 0.219. The van der Waals surface area contributed by atoms with E-state index in [4.69, 9.17) is 0 Å². The predicted molar refractivity (Wildman–Crippen MR) is 124 cm³/mol. The number of thioether (sulfide) groups is 1. The van der Waals surface area contributed by atoms with Crippen LogP contribution in [0.1, 0.15) is 25.5 Å². The highest BCUT2D eigenvalue weighted by atomic mass is 32.2. The molecule has 2 rings (SSSR count). The van der Waals surface area contributed by atoms with Gasteiger partial charge in [0.2, 0.25) is 10.0 Å². The van der Waals surface area contributed by atoms with E-state index in [2.05, 4.69) is 58.6 Å². The fraction of sp³-hybridized carbons (Fsp3) is 0.650. The number of guanidine groups is 1. The molecule has 29 heavy (non-hydrogen) atoms. The van der Waals surface area contributed by atoms with Crippen LogP contribution >= 0.6 is 11.8 Å². The van der Waals surface area contributed by atoms with Crippen molar-refractivity contribution in [3.8, 4) is 0 Å². The van der Waals surface area contributed by atoms with Crippen LogP contribution in [0.5, 0.6) is 0 Å². The second-order valence-electron chi connectivity index (χ2n) is 6.86. The quantitative estimate of drug-likeness (QED) is 0.424. The summed E-state index contributed by atoms with van der Waals surface area (Å²) in [6, 6.07) is 10.7. The molecule has 1 aromatic rings. The number of likely N-dealkylation sites (N-methyl/N-ethyl adjacent to an activating group) is 1. The van der Waals surface area contributed by atoms with Crippen LogP contribution in [-0.4, -0.2) is 87.2 Å². The molecule has 1 aliphatic rings. The van der Waals surface area contributed by atoms with Crippen molar-refractivity contribution < 1.29 is 8.42 Å². The zero-order valence-electron chi connectivity index (χ0n) is 17.8. The summed E-state index contributed by atoms with van der Waals surface area (Å²) in [6.07, 6.45) is 0. The molecule has 2 N–H and O–H groups in total. The molecule has 0 saturated carbocycles. The third kappa shape index (κ3) is 7.47. The van der Waals surface area contributed by atoms with E-state index in [1.165, 1.54) is 5.56 Å². The molecule has 0 aliphatic carbocycles. The summed E-state index contributed by atoms with van der Waals surface area (Å²) in [5.74, 6) is 2.46. The van der Waals surface area contributed by atoms with Crippen LogP contribution in [0.25, 0.3) is 0 Å². The van der Waals surface area contributed by atoms with Gasteiger partial charge in [0.25, 0.3) is 0 Å². The van der Waals surface area contributed by atoms with E-state index in [1.807, 2.05) is 6.07 Å². The molecule has 1 fully saturated rings. The van der Waals surface area contributed by atoms with Crippen molar-refractivity contribution in [2.45, 2.75) is 19.9 Å². The van der Waals surface area contributed by atoms with Crippen molar-refractivity contribution in [3.63, 3.8) is 0 Å². The normalized spacial score (nSPS) is 17.3. The van der Waals surface area contributed by atoms with E-state index in [1.54, 1.807) is 23.1 Å². The van der Waals surface area contributed by atoms with E-state index in [0.29, 0.717) is 32.1 Å². The summed E-state index contributed by atoms with van der Waals surface area (Å²) in [4.78, 5) is 6.66. The number of nitrogens with zero attached hydrogens (tertiary/aromatic N) is 3. The highest BCUT2D eigenvalue weighted by Gasteiger charge is 2.24. The van der Waals surface area contributed by atoms with Gasteiger partial charge in [0.1, 0.15) is 0 Å². The summed E-state index contributed by atoms with van der Waals surface area (Å²) in [6.45, 7) is 8.50. The lowest BCUT2D eigenvalue weighted by atomic mass is 10.1.